The van der Waals surface area contributed by atoms with E-state index < -0.39 is 59.4 Å². The number of aromatic carboxylic acids is 3. The molecule has 0 saturated heterocycles. The Balaban J connectivity index is -0.000000400. The van der Waals surface area contributed by atoms with Crippen molar-refractivity contribution in [3.63, 3.8) is 0 Å². The fourth-order valence-electron chi connectivity index (χ4n) is 1.04. The SMILES string of the molecule is CS(=O)(=O)O.CS(=O)(=O)O.CS(=O)(=O)O.O=C(O)c1ccc(C(=O)O)c(C(=O)O)c1. The number of carboxylic acid groups (broad SMARTS) is 3. The number of hydrogen-bond acceptors (Lipinski definition) is 9. The monoisotopic (exact) mass is 498 g/mol. The molecule has 0 spiro atoms. The Kier molecular flexibility index (Phi) is 13.7. The van der Waals surface area contributed by atoms with E-state index in [0.29, 0.717) is 18.8 Å². The topological polar surface area (TPSA) is 275 Å². The van der Waals surface area contributed by atoms with Gasteiger partial charge < -0.3 is 15.3 Å². The zero-order valence-electron chi connectivity index (χ0n) is 15.3. The van der Waals surface area contributed by atoms with Crippen molar-refractivity contribution in [3.05, 3.63) is 34.9 Å². The number of hydrogen-bond donors (Lipinski definition) is 6. The van der Waals surface area contributed by atoms with Gasteiger partial charge in [-0.3, -0.25) is 13.7 Å². The molecule has 15 nitrogen and oxygen atoms in total. The Morgan fingerprint density at radius 1 is 0.600 bits per heavy atom. The van der Waals surface area contributed by atoms with Crippen LogP contribution in [0.2, 0.25) is 0 Å². The molecule has 1 rings (SSSR count). The average molecular weight is 498 g/mol. The Morgan fingerprint density at radius 2 is 0.867 bits per heavy atom. The predicted molar refractivity (Wildman–Crippen MR) is 99.7 cm³/mol. The molecule has 0 fully saturated rings. The van der Waals surface area contributed by atoms with E-state index in [4.69, 9.17) is 29.0 Å². The number of carbonyl (C=O) groups is 3. The van der Waals surface area contributed by atoms with Crippen LogP contribution in [0, 0.1) is 0 Å². The van der Waals surface area contributed by atoms with Crippen molar-refractivity contribution in [3.8, 4) is 0 Å². The van der Waals surface area contributed by atoms with Gasteiger partial charge >= 0.3 is 17.9 Å². The van der Waals surface area contributed by atoms with Gasteiger partial charge in [0.2, 0.25) is 0 Å². The highest BCUT2D eigenvalue weighted by Gasteiger charge is 2.17. The van der Waals surface area contributed by atoms with Gasteiger partial charge in [-0.25, -0.2) is 14.4 Å². The van der Waals surface area contributed by atoms with Gasteiger partial charge in [0.25, 0.3) is 30.4 Å². The fraction of sp³-hybridized carbons (Fsp3) is 0.250. The maximum absolute atomic E-state index is 10.6. The van der Waals surface area contributed by atoms with Crippen LogP contribution in [0.4, 0.5) is 0 Å². The molecule has 18 heteroatoms. The summed E-state index contributed by atoms with van der Waals surface area (Å²) < 4.78 is 77.6. The Labute approximate surface area is 170 Å². The highest BCUT2D eigenvalue weighted by atomic mass is 32.2. The molecule has 6 N–H and O–H groups in total. The van der Waals surface area contributed by atoms with Crippen LogP contribution < -0.4 is 0 Å². The lowest BCUT2D eigenvalue weighted by Gasteiger charge is -2.02. The molecular weight excluding hydrogens is 480 g/mol. The second kappa shape index (κ2) is 12.8. The Hall–Kier alpha value is -2.64. The maximum Gasteiger partial charge on any atom is 0.336 e. The zero-order valence-corrected chi connectivity index (χ0v) is 17.8. The van der Waals surface area contributed by atoms with E-state index >= 15 is 0 Å². The molecule has 0 radical (unpaired) electrons. The van der Waals surface area contributed by atoms with Crippen molar-refractivity contribution >= 4 is 48.3 Å². The normalized spacial score (nSPS) is 10.6. The summed E-state index contributed by atoms with van der Waals surface area (Å²) in [5.74, 6) is -4.20. The molecule has 1 aromatic carbocycles. The van der Waals surface area contributed by atoms with Gasteiger partial charge in [-0.2, -0.15) is 25.3 Å². The lowest BCUT2D eigenvalue weighted by atomic mass is 10.0. The minimum atomic E-state index is -3.67. The first-order valence-corrected chi connectivity index (χ1v) is 12.1. The summed E-state index contributed by atoms with van der Waals surface area (Å²) in [6.45, 7) is 0. The van der Waals surface area contributed by atoms with Crippen molar-refractivity contribution in [1.29, 1.82) is 0 Å². The minimum absolute atomic E-state index is 0.266. The summed E-state index contributed by atoms with van der Waals surface area (Å²) in [7, 11) is -11.0. The third kappa shape index (κ3) is 30.1. The van der Waals surface area contributed by atoms with Crippen LogP contribution in [-0.2, 0) is 30.4 Å². The van der Waals surface area contributed by atoms with Crippen molar-refractivity contribution in [2.75, 3.05) is 18.8 Å². The van der Waals surface area contributed by atoms with Crippen LogP contribution in [-0.4, -0.2) is 90.9 Å². The van der Waals surface area contributed by atoms with Gasteiger partial charge in [0.15, 0.2) is 0 Å². The molecule has 0 aliphatic carbocycles. The molecule has 0 aliphatic heterocycles. The molecule has 0 atom stereocenters. The standard InChI is InChI=1S/C9H6O6.3CH4O3S/c10-7(11)4-1-2-5(8(12)13)6(3-4)9(14)15;3*1-5(2,3)4/h1-3H,(H,10,11)(H,12,13)(H,14,15);3*1H3,(H,2,3,4). The van der Waals surface area contributed by atoms with E-state index in [-0.39, 0.29) is 5.56 Å². The fourth-order valence-corrected chi connectivity index (χ4v) is 1.04. The summed E-state index contributed by atoms with van der Waals surface area (Å²) in [6.07, 6.45) is 2.15. The van der Waals surface area contributed by atoms with Gasteiger partial charge in [0.05, 0.1) is 35.5 Å². The largest absolute Gasteiger partial charge is 0.478 e. The van der Waals surface area contributed by atoms with Crippen molar-refractivity contribution in [2.45, 2.75) is 0 Å². The molecule has 174 valence electrons. The second-order valence-electron chi connectivity index (χ2n) is 4.87. The van der Waals surface area contributed by atoms with Gasteiger partial charge in [0, 0.05) is 0 Å². The lowest BCUT2D eigenvalue weighted by Crippen LogP contribution is -2.10. The van der Waals surface area contributed by atoms with Crippen LogP contribution in [0.5, 0.6) is 0 Å². The van der Waals surface area contributed by atoms with Crippen LogP contribution >= 0.6 is 0 Å². The summed E-state index contributed by atoms with van der Waals surface area (Å²) in [5, 5.41) is 25.9. The Bertz CT molecular complexity index is 971. The summed E-state index contributed by atoms with van der Waals surface area (Å²) in [4.78, 5) is 31.8. The van der Waals surface area contributed by atoms with Crippen molar-refractivity contribution in [2.24, 2.45) is 0 Å². The molecule has 30 heavy (non-hydrogen) atoms. The molecule has 0 saturated carbocycles. The van der Waals surface area contributed by atoms with E-state index in [1.54, 1.807) is 0 Å². The Morgan fingerprint density at radius 3 is 1.07 bits per heavy atom. The van der Waals surface area contributed by atoms with E-state index in [0.717, 1.165) is 18.2 Å². The maximum atomic E-state index is 10.6. The summed E-state index contributed by atoms with van der Waals surface area (Å²) in [6, 6.07) is 2.81. The summed E-state index contributed by atoms with van der Waals surface area (Å²) in [5.41, 5.74) is -1.24. The zero-order chi connectivity index (χ0) is 25.1. The molecule has 0 heterocycles. The molecule has 0 unspecified atom stereocenters. The lowest BCUT2D eigenvalue weighted by molar-refractivity contribution is 0.0649. The third-order valence-electron chi connectivity index (χ3n) is 1.73. The first kappa shape index (κ1) is 32.0. The first-order valence-electron chi connectivity index (χ1n) is 6.54. The van der Waals surface area contributed by atoms with E-state index in [9.17, 15) is 39.6 Å². The molecule has 0 amide bonds. The molecule has 0 aromatic heterocycles. The van der Waals surface area contributed by atoms with E-state index in [2.05, 4.69) is 0 Å². The predicted octanol–water partition coefficient (Wildman–Crippen LogP) is -0.707. The highest BCUT2D eigenvalue weighted by molar-refractivity contribution is 7.85. The molecular formula is C12H18O15S3. The van der Waals surface area contributed by atoms with Crippen LogP contribution in [0.3, 0.4) is 0 Å². The van der Waals surface area contributed by atoms with Gasteiger partial charge in [-0.1, -0.05) is 0 Å². The molecule has 0 aliphatic rings. The van der Waals surface area contributed by atoms with Gasteiger partial charge in [-0.15, -0.1) is 0 Å². The smallest absolute Gasteiger partial charge is 0.336 e. The van der Waals surface area contributed by atoms with Crippen LogP contribution in [0.15, 0.2) is 18.2 Å². The first-order chi connectivity index (χ1) is 12.9. The number of benzene rings is 1. The average Bonchev–Trinajstić information content (AvgIpc) is 2.40. The van der Waals surface area contributed by atoms with Gasteiger partial charge in [-0.05, 0) is 18.2 Å². The van der Waals surface area contributed by atoms with Crippen LogP contribution in [0.25, 0.3) is 0 Å². The summed E-state index contributed by atoms with van der Waals surface area (Å²) >= 11 is 0. The highest BCUT2D eigenvalue weighted by Crippen LogP contribution is 2.12. The van der Waals surface area contributed by atoms with Crippen molar-refractivity contribution < 1.29 is 68.6 Å². The third-order valence-corrected chi connectivity index (χ3v) is 1.73. The molecule has 0 bridgehead atoms. The van der Waals surface area contributed by atoms with Crippen molar-refractivity contribution in [1.82, 2.24) is 0 Å². The van der Waals surface area contributed by atoms with Gasteiger partial charge in [0.1, 0.15) is 0 Å². The van der Waals surface area contributed by atoms with E-state index in [1.807, 2.05) is 0 Å². The quantitative estimate of drug-likeness (QED) is 0.281. The van der Waals surface area contributed by atoms with Crippen LogP contribution in [0.1, 0.15) is 31.1 Å². The minimum Gasteiger partial charge on any atom is -0.478 e. The number of carboxylic acids is 3. The van der Waals surface area contributed by atoms with E-state index in [1.165, 1.54) is 0 Å². The second-order valence-corrected chi connectivity index (χ2v) is 9.27. The molecule has 1 aromatic rings. The number of rotatable bonds is 3.